The molecule has 1 aliphatic heterocycles. The van der Waals surface area contributed by atoms with Gasteiger partial charge < -0.3 is 20.7 Å². The zero-order valence-corrected chi connectivity index (χ0v) is 11.3. The third-order valence-electron chi connectivity index (χ3n) is 3.46. The summed E-state index contributed by atoms with van der Waals surface area (Å²) < 4.78 is 6.59. The van der Waals surface area contributed by atoms with Gasteiger partial charge in [0.25, 0.3) is 12.8 Å². The molecule has 5 N–H and O–H groups in total. The molecule has 1 saturated heterocycles. The van der Waals surface area contributed by atoms with Crippen molar-refractivity contribution in [2.75, 3.05) is 6.61 Å². The van der Waals surface area contributed by atoms with Crippen LogP contribution in [0, 0.1) is 6.92 Å². The maximum atomic E-state index is 11.8. The molecular weight excluding hydrogens is 281 g/mol. The Kier molecular flexibility index (Phi) is 4.03. The van der Waals surface area contributed by atoms with E-state index in [-0.39, 0.29) is 6.42 Å². The van der Waals surface area contributed by atoms with Crippen molar-refractivity contribution in [1.29, 1.82) is 0 Å². The van der Waals surface area contributed by atoms with E-state index in [1.807, 2.05) is 0 Å². The van der Waals surface area contributed by atoms with Gasteiger partial charge in [-0.15, -0.1) is 0 Å². The van der Waals surface area contributed by atoms with Gasteiger partial charge in [0.1, 0.15) is 6.23 Å². The first-order valence-electron chi connectivity index (χ1n) is 6.23. The second-order valence-electron chi connectivity index (χ2n) is 5.04. The van der Waals surface area contributed by atoms with E-state index in [9.17, 15) is 19.5 Å². The first-order valence-corrected chi connectivity index (χ1v) is 6.23. The normalized spacial score (nSPS) is 28.5. The minimum Gasteiger partial charge on any atom is -0.490 e. The van der Waals surface area contributed by atoms with Crippen LogP contribution in [0.1, 0.15) is 18.2 Å². The number of nitrogens with one attached hydrogen (secondary N) is 1. The van der Waals surface area contributed by atoms with Crippen LogP contribution in [0.3, 0.4) is 0 Å². The number of nitrogens with two attached hydrogens (primary N) is 1. The Balaban J connectivity index is 2.36. The maximum absolute atomic E-state index is 11.8. The quantitative estimate of drug-likeness (QED) is 0.477. The third kappa shape index (κ3) is 2.92. The first-order chi connectivity index (χ1) is 9.76. The molecule has 1 aliphatic rings. The van der Waals surface area contributed by atoms with Crippen LogP contribution in [0.5, 0.6) is 0 Å². The number of carbonyl (C=O) groups is 1. The monoisotopic (exact) mass is 296 g/mol. The number of carboxylic acid groups (broad SMARTS) is 1. The molecule has 0 saturated carbocycles. The van der Waals surface area contributed by atoms with Gasteiger partial charge in [0, 0.05) is 23.6 Å². The van der Waals surface area contributed by atoms with E-state index in [1.165, 1.54) is 13.1 Å². The van der Waals surface area contributed by atoms with E-state index < -0.39 is 41.5 Å². The SMILES string of the molecule is Cc1cn([C@H]2CC(N)([B]C(=O)O)[C@@H](CO)O2)c(=O)[nH]c1=O. The minimum absolute atomic E-state index is 0.0179. The fourth-order valence-corrected chi connectivity index (χ4v) is 2.36. The highest BCUT2D eigenvalue weighted by Gasteiger charge is 2.48. The molecule has 1 aromatic rings. The molecule has 0 amide bonds. The van der Waals surface area contributed by atoms with Gasteiger partial charge in [0.05, 0.1) is 12.7 Å². The summed E-state index contributed by atoms with van der Waals surface area (Å²) in [7, 11) is 0.845. The van der Waals surface area contributed by atoms with Crippen molar-refractivity contribution in [3.63, 3.8) is 0 Å². The molecular formula is C11H15BN3O6. The van der Waals surface area contributed by atoms with Gasteiger partial charge in [-0.05, 0) is 6.92 Å². The van der Waals surface area contributed by atoms with E-state index in [0.717, 1.165) is 11.8 Å². The molecule has 1 fully saturated rings. The van der Waals surface area contributed by atoms with E-state index in [1.54, 1.807) is 0 Å². The molecule has 1 aromatic heterocycles. The van der Waals surface area contributed by atoms with E-state index in [0.29, 0.717) is 5.56 Å². The molecule has 21 heavy (non-hydrogen) atoms. The molecule has 1 radical (unpaired) electrons. The summed E-state index contributed by atoms with van der Waals surface area (Å²) >= 11 is 0. The highest BCUT2D eigenvalue weighted by molar-refractivity contribution is 6.74. The molecule has 10 heteroatoms. The van der Waals surface area contributed by atoms with Crippen LogP contribution in [0.15, 0.2) is 15.8 Å². The average Bonchev–Trinajstić information content (AvgIpc) is 2.69. The van der Waals surface area contributed by atoms with E-state index in [2.05, 4.69) is 4.98 Å². The molecule has 0 bridgehead atoms. The standard InChI is InChI=1S/C11H15BN3O6/c1-5-3-15(10(20)14-8(5)17)7-2-11(13,12-9(18)19)6(4-16)21-7/h3,6-7,16H,2,4,13H2,1H3,(H,18,19)(H,14,17,20)/t6-,7-,11?/m1/s1. The zero-order chi connectivity index (χ0) is 15.8. The lowest BCUT2D eigenvalue weighted by atomic mass is 9.55. The number of hydrogen-bond acceptors (Lipinski definition) is 6. The molecule has 113 valence electrons. The number of aliphatic hydroxyl groups is 1. The van der Waals surface area contributed by atoms with Crippen LogP contribution in [-0.2, 0) is 4.74 Å². The Morgan fingerprint density at radius 3 is 2.90 bits per heavy atom. The molecule has 0 aromatic carbocycles. The summed E-state index contributed by atoms with van der Waals surface area (Å²) in [6, 6.07) is 0. The van der Waals surface area contributed by atoms with Gasteiger partial charge in [-0.2, -0.15) is 0 Å². The number of aryl methyl sites for hydroxylation is 1. The molecule has 3 atom stereocenters. The lowest BCUT2D eigenvalue weighted by molar-refractivity contribution is -0.0300. The minimum atomic E-state index is -1.41. The van der Waals surface area contributed by atoms with Crippen molar-refractivity contribution in [3.05, 3.63) is 32.6 Å². The van der Waals surface area contributed by atoms with Crippen LogP contribution in [0.2, 0.25) is 0 Å². The smallest absolute Gasteiger partial charge is 0.330 e. The van der Waals surface area contributed by atoms with Crippen molar-refractivity contribution in [1.82, 2.24) is 9.55 Å². The summed E-state index contributed by atoms with van der Waals surface area (Å²) in [4.78, 5) is 36.1. The summed E-state index contributed by atoms with van der Waals surface area (Å²) in [6.07, 6.45) is -0.536. The zero-order valence-electron chi connectivity index (χ0n) is 11.3. The van der Waals surface area contributed by atoms with Crippen molar-refractivity contribution in [2.45, 2.75) is 31.1 Å². The first kappa shape index (κ1) is 15.5. The third-order valence-corrected chi connectivity index (χ3v) is 3.46. The van der Waals surface area contributed by atoms with E-state index >= 15 is 0 Å². The highest BCUT2D eigenvalue weighted by atomic mass is 16.5. The van der Waals surface area contributed by atoms with Gasteiger partial charge in [-0.25, -0.2) is 4.79 Å². The Labute approximate surface area is 119 Å². The maximum Gasteiger partial charge on any atom is 0.330 e. The van der Waals surface area contributed by atoms with Gasteiger partial charge >= 0.3 is 5.69 Å². The lowest BCUT2D eigenvalue weighted by Crippen LogP contribution is -2.56. The summed E-state index contributed by atoms with van der Waals surface area (Å²) in [6.45, 7) is 1.03. The molecule has 0 aliphatic carbocycles. The number of hydrogen-bond donors (Lipinski definition) is 4. The predicted molar refractivity (Wildman–Crippen MR) is 72.4 cm³/mol. The number of nitrogens with zero attached hydrogens (tertiary/aromatic N) is 1. The topological polar surface area (TPSA) is 148 Å². The Morgan fingerprint density at radius 2 is 2.33 bits per heavy atom. The van der Waals surface area contributed by atoms with Crippen molar-refractivity contribution < 1.29 is 19.7 Å². The highest BCUT2D eigenvalue weighted by Crippen LogP contribution is 2.33. The molecule has 1 unspecified atom stereocenters. The number of ether oxygens (including phenoxy) is 1. The van der Waals surface area contributed by atoms with Crippen LogP contribution >= 0.6 is 0 Å². The molecule has 2 heterocycles. The van der Waals surface area contributed by atoms with Crippen LogP contribution in [0.4, 0.5) is 4.79 Å². The van der Waals surface area contributed by atoms with Crippen LogP contribution in [-0.4, -0.2) is 51.1 Å². The molecule has 9 nitrogen and oxygen atoms in total. The number of aliphatic hydroxyl groups excluding tert-OH is 1. The van der Waals surface area contributed by atoms with Gasteiger partial charge in [0.2, 0.25) is 5.87 Å². The van der Waals surface area contributed by atoms with Gasteiger partial charge in [-0.3, -0.25) is 19.1 Å². The van der Waals surface area contributed by atoms with Gasteiger partial charge in [-0.1, -0.05) is 0 Å². The number of aromatic nitrogens is 2. The second kappa shape index (κ2) is 5.47. The number of H-pyrrole nitrogens is 1. The van der Waals surface area contributed by atoms with Crippen molar-refractivity contribution in [2.24, 2.45) is 5.73 Å². The van der Waals surface area contributed by atoms with Crippen LogP contribution in [0.25, 0.3) is 0 Å². The molecule has 0 spiro atoms. The summed E-state index contributed by atoms with van der Waals surface area (Å²) in [5.41, 5.74) is 3.65. The van der Waals surface area contributed by atoms with Crippen molar-refractivity contribution >= 4 is 13.1 Å². The largest absolute Gasteiger partial charge is 0.490 e. The van der Waals surface area contributed by atoms with Crippen LogP contribution < -0.4 is 17.0 Å². The fraction of sp³-hybridized carbons (Fsp3) is 0.545. The average molecular weight is 296 g/mol. The Hall–Kier alpha value is -1.91. The second-order valence-corrected chi connectivity index (χ2v) is 5.04. The van der Waals surface area contributed by atoms with Gasteiger partial charge in [0.15, 0.2) is 0 Å². The fourth-order valence-electron chi connectivity index (χ4n) is 2.36. The Morgan fingerprint density at radius 1 is 1.67 bits per heavy atom. The number of aromatic amines is 1. The van der Waals surface area contributed by atoms with Crippen molar-refractivity contribution in [3.8, 4) is 0 Å². The summed E-state index contributed by atoms with van der Waals surface area (Å²) in [5, 5.41) is 18.1. The summed E-state index contributed by atoms with van der Waals surface area (Å²) in [5.74, 6) is -1.25. The molecule has 2 rings (SSSR count). The predicted octanol–water partition coefficient (Wildman–Crippen LogP) is -1.84. The Bertz CT molecular complexity index is 671. The number of rotatable bonds is 4. The van der Waals surface area contributed by atoms with E-state index in [4.69, 9.17) is 15.6 Å². The lowest BCUT2D eigenvalue weighted by Gasteiger charge is -2.25.